The van der Waals surface area contributed by atoms with E-state index in [-0.39, 0.29) is 6.61 Å². The van der Waals surface area contributed by atoms with Gasteiger partial charge in [-0.15, -0.1) is 0 Å². The lowest BCUT2D eigenvalue weighted by atomic mass is 10.5. The zero-order valence-corrected chi connectivity index (χ0v) is 23.4. The molecular weight excluding hydrogens is 438 g/mol. The van der Waals surface area contributed by atoms with Crippen LogP contribution in [0.5, 0.6) is 0 Å². The Morgan fingerprint density at radius 1 is 0.900 bits per heavy atom. The molecule has 0 fully saturated rings. The fourth-order valence-corrected chi connectivity index (χ4v) is 11.6. The van der Waals surface area contributed by atoms with Gasteiger partial charge in [-0.05, 0) is 65.8 Å². The average Bonchev–Trinajstić information content (AvgIpc) is 2.64. The van der Waals surface area contributed by atoms with Crippen molar-refractivity contribution < 1.29 is 31.7 Å². The first-order valence-electron chi connectivity index (χ1n) is 11.3. The van der Waals surface area contributed by atoms with E-state index in [1.807, 2.05) is 20.8 Å². The van der Waals surface area contributed by atoms with Crippen LogP contribution in [0.3, 0.4) is 0 Å². The number of hydrogen-bond acceptors (Lipinski definition) is 7. The van der Waals surface area contributed by atoms with Crippen molar-refractivity contribution in [2.45, 2.75) is 71.9 Å². The van der Waals surface area contributed by atoms with E-state index in [2.05, 4.69) is 31.5 Å². The van der Waals surface area contributed by atoms with Crippen molar-refractivity contribution in [3.8, 4) is 0 Å². The van der Waals surface area contributed by atoms with Crippen LogP contribution in [0.25, 0.3) is 0 Å². The summed E-state index contributed by atoms with van der Waals surface area (Å²) in [6, 6.07) is 1.77. The fourth-order valence-electron chi connectivity index (χ4n) is 2.98. The maximum absolute atomic E-state index is 11.8. The molecule has 0 aromatic heterocycles. The van der Waals surface area contributed by atoms with E-state index in [0.29, 0.717) is 52.0 Å². The maximum atomic E-state index is 11.8. The van der Waals surface area contributed by atoms with Crippen molar-refractivity contribution in [1.82, 2.24) is 5.32 Å². The lowest BCUT2D eigenvalue weighted by molar-refractivity contribution is 0.0690. The molecule has 0 aliphatic carbocycles. The highest BCUT2D eigenvalue weighted by Crippen LogP contribution is 2.17. The molecule has 180 valence electrons. The van der Waals surface area contributed by atoms with Crippen LogP contribution in [0.15, 0.2) is 0 Å². The first-order valence-corrected chi connectivity index (χ1v) is 19.0. The molecule has 0 bridgehead atoms. The number of carbonyl (C=O) groups is 1. The molecule has 1 amide bonds. The molecule has 0 radical (unpaired) electrons. The quantitative estimate of drug-likeness (QED) is 0.221. The number of hydrogen-bond donors (Lipinski definition) is 1. The summed E-state index contributed by atoms with van der Waals surface area (Å²) in [7, 11) is -5.15. The molecule has 8 nitrogen and oxygen atoms in total. The molecule has 0 aliphatic heterocycles. The highest BCUT2D eigenvalue weighted by molar-refractivity contribution is 6.77. The summed E-state index contributed by atoms with van der Waals surface area (Å²) in [6.07, 6.45) is 1.27. The van der Waals surface area contributed by atoms with E-state index < -0.39 is 32.3 Å². The van der Waals surface area contributed by atoms with E-state index in [4.69, 9.17) is 26.9 Å². The molecule has 0 aromatic rings. The minimum absolute atomic E-state index is 0.250. The normalized spacial score (nSPS) is 13.3. The Labute approximate surface area is 187 Å². The minimum Gasteiger partial charge on any atom is -0.458 e. The third-order valence-corrected chi connectivity index (χ3v) is 12.7. The molecule has 1 N–H and O–H groups in total. The van der Waals surface area contributed by atoms with Crippen LogP contribution in [-0.2, 0) is 26.9 Å². The van der Waals surface area contributed by atoms with Crippen LogP contribution in [0, 0.1) is 0 Å². The van der Waals surface area contributed by atoms with Gasteiger partial charge >= 0.3 is 14.9 Å². The van der Waals surface area contributed by atoms with Crippen LogP contribution in [-0.4, -0.2) is 78.4 Å². The SMILES string of the molecule is CCO[Si](CCCNC(=O)OCCOCCC[SiH](C)O[Si](C)(C)C)(OCC)OCC. The Hall–Kier alpha value is -0.279. The van der Waals surface area contributed by atoms with Crippen LogP contribution >= 0.6 is 0 Å². The molecule has 0 heterocycles. The van der Waals surface area contributed by atoms with Crippen LogP contribution < -0.4 is 5.32 Å². The molecular formula is C19H45NO7Si3. The highest BCUT2D eigenvalue weighted by atomic mass is 28.4. The third-order valence-electron chi connectivity index (χ3n) is 3.94. The predicted octanol–water partition coefficient (Wildman–Crippen LogP) is 3.76. The summed E-state index contributed by atoms with van der Waals surface area (Å²) < 4.78 is 34.2. The second-order valence-corrected chi connectivity index (χ2v) is 18.0. The molecule has 1 atom stereocenters. The topological polar surface area (TPSA) is 84.5 Å². The van der Waals surface area contributed by atoms with Gasteiger partial charge < -0.3 is 32.2 Å². The fraction of sp³-hybridized carbons (Fsp3) is 0.947. The molecule has 30 heavy (non-hydrogen) atoms. The molecule has 0 saturated carbocycles. The number of rotatable bonds is 19. The van der Waals surface area contributed by atoms with E-state index in [0.717, 1.165) is 12.5 Å². The molecule has 0 spiro atoms. The van der Waals surface area contributed by atoms with Gasteiger partial charge in [-0.2, -0.15) is 0 Å². The second-order valence-electron chi connectivity index (χ2n) is 7.94. The van der Waals surface area contributed by atoms with Gasteiger partial charge in [0.25, 0.3) is 0 Å². The van der Waals surface area contributed by atoms with Gasteiger partial charge in [0.15, 0.2) is 17.4 Å². The predicted molar refractivity (Wildman–Crippen MR) is 127 cm³/mol. The minimum atomic E-state index is -2.65. The van der Waals surface area contributed by atoms with Gasteiger partial charge in [-0.3, -0.25) is 0 Å². The Morgan fingerprint density at radius 2 is 1.50 bits per heavy atom. The van der Waals surface area contributed by atoms with Gasteiger partial charge in [-0.25, -0.2) is 4.79 Å². The monoisotopic (exact) mass is 483 g/mol. The maximum Gasteiger partial charge on any atom is 0.500 e. The number of carbonyl (C=O) groups excluding carboxylic acids is 1. The van der Waals surface area contributed by atoms with E-state index in [1.165, 1.54) is 0 Å². The standard InChI is InChI=1S/C19H45NO7Si3/c1-8-24-30(25-9-2,26-10-3)18-11-13-20-19(21)23-16-15-22-14-12-17-28(4)27-29(5,6)7/h28H,8-18H2,1-7H3,(H,20,21). The van der Waals surface area contributed by atoms with Crippen molar-refractivity contribution in [2.24, 2.45) is 0 Å². The van der Waals surface area contributed by atoms with Crippen molar-refractivity contribution in [1.29, 1.82) is 0 Å². The molecule has 0 aliphatic rings. The van der Waals surface area contributed by atoms with Gasteiger partial charge in [0, 0.05) is 39.0 Å². The van der Waals surface area contributed by atoms with E-state index in [1.54, 1.807) is 0 Å². The second kappa shape index (κ2) is 17.3. The zero-order chi connectivity index (χ0) is 22.9. The Morgan fingerprint density at radius 3 is 2.03 bits per heavy atom. The number of alkyl carbamates (subject to hydrolysis) is 1. The van der Waals surface area contributed by atoms with Crippen LogP contribution in [0.1, 0.15) is 33.6 Å². The first-order chi connectivity index (χ1) is 14.2. The first kappa shape index (κ1) is 29.7. The lowest BCUT2D eigenvalue weighted by Crippen LogP contribution is -2.46. The van der Waals surface area contributed by atoms with Gasteiger partial charge in [0.2, 0.25) is 0 Å². The van der Waals surface area contributed by atoms with Gasteiger partial charge in [0.1, 0.15) is 6.61 Å². The van der Waals surface area contributed by atoms with Gasteiger partial charge in [-0.1, -0.05) is 0 Å². The Kier molecular flexibility index (Phi) is 17.1. The third kappa shape index (κ3) is 16.4. The Bertz CT molecular complexity index is 422. The summed E-state index contributed by atoms with van der Waals surface area (Å²) in [6.45, 7) is 18.2. The average molecular weight is 484 g/mol. The van der Waals surface area contributed by atoms with E-state index in [9.17, 15) is 4.79 Å². The van der Waals surface area contributed by atoms with Crippen molar-refractivity contribution >= 4 is 32.3 Å². The summed E-state index contributed by atoms with van der Waals surface area (Å²) in [5.74, 6) is 0. The van der Waals surface area contributed by atoms with Crippen molar-refractivity contribution in [3.05, 3.63) is 0 Å². The molecule has 0 saturated heterocycles. The summed E-state index contributed by atoms with van der Waals surface area (Å²) in [5.41, 5.74) is 0. The smallest absolute Gasteiger partial charge is 0.458 e. The molecule has 0 aromatic carbocycles. The number of nitrogens with one attached hydrogen (secondary N) is 1. The van der Waals surface area contributed by atoms with Crippen LogP contribution in [0.4, 0.5) is 4.79 Å². The van der Waals surface area contributed by atoms with Crippen molar-refractivity contribution in [2.75, 3.05) is 46.2 Å². The number of ether oxygens (including phenoxy) is 2. The lowest BCUT2D eigenvalue weighted by Gasteiger charge is -2.28. The van der Waals surface area contributed by atoms with Crippen molar-refractivity contribution in [3.63, 3.8) is 0 Å². The Balaban J connectivity index is 3.80. The summed E-state index contributed by atoms with van der Waals surface area (Å²) >= 11 is 0. The zero-order valence-electron chi connectivity index (χ0n) is 20.2. The number of amides is 1. The summed E-state index contributed by atoms with van der Waals surface area (Å²) in [4.78, 5) is 11.8. The largest absolute Gasteiger partial charge is 0.500 e. The molecule has 1 unspecified atom stereocenters. The van der Waals surface area contributed by atoms with Crippen LogP contribution in [0.2, 0.25) is 38.3 Å². The summed E-state index contributed by atoms with van der Waals surface area (Å²) in [5, 5.41) is 2.75. The highest BCUT2D eigenvalue weighted by Gasteiger charge is 2.39. The van der Waals surface area contributed by atoms with Gasteiger partial charge in [0.05, 0.1) is 6.61 Å². The van der Waals surface area contributed by atoms with E-state index >= 15 is 0 Å². The molecule has 0 rings (SSSR count). The molecule has 11 heteroatoms.